The van der Waals surface area contributed by atoms with E-state index in [1.165, 1.54) is 0 Å². The SMILES string of the molecule is COCCNC(=O)[C@H]1C[C@H]2NCC[C@H]2O1.Cl. The Balaban J connectivity index is 0.00000128. The first-order valence-corrected chi connectivity index (χ1v) is 5.46. The molecule has 0 aromatic rings. The van der Waals surface area contributed by atoms with Gasteiger partial charge in [-0.05, 0) is 13.0 Å². The number of hydrogen-bond donors (Lipinski definition) is 2. The van der Waals surface area contributed by atoms with E-state index >= 15 is 0 Å². The van der Waals surface area contributed by atoms with Gasteiger partial charge in [-0.2, -0.15) is 0 Å². The van der Waals surface area contributed by atoms with Crippen molar-refractivity contribution in [2.45, 2.75) is 31.1 Å². The summed E-state index contributed by atoms with van der Waals surface area (Å²) in [7, 11) is 1.62. The Kier molecular flexibility index (Phi) is 5.48. The van der Waals surface area contributed by atoms with E-state index in [4.69, 9.17) is 9.47 Å². The van der Waals surface area contributed by atoms with Gasteiger partial charge in [0.15, 0.2) is 0 Å². The van der Waals surface area contributed by atoms with Crippen LogP contribution in [0.4, 0.5) is 0 Å². The second-order valence-corrected chi connectivity index (χ2v) is 4.03. The van der Waals surface area contributed by atoms with E-state index in [1.807, 2.05) is 0 Å². The lowest BCUT2D eigenvalue weighted by Crippen LogP contribution is -2.37. The van der Waals surface area contributed by atoms with E-state index in [0.29, 0.717) is 19.2 Å². The van der Waals surface area contributed by atoms with Crippen molar-refractivity contribution in [3.63, 3.8) is 0 Å². The third-order valence-electron chi connectivity index (χ3n) is 2.99. The number of carbonyl (C=O) groups excluding carboxylic acids is 1. The molecule has 5 nitrogen and oxygen atoms in total. The molecule has 2 N–H and O–H groups in total. The molecule has 0 aromatic carbocycles. The zero-order chi connectivity index (χ0) is 10.7. The van der Waals surface area contributed by atoms with Gasteiger partial charge in [0.2, 0.25) is 5.91 Å². The fourth-order valence-electron chi connectivity index (χ4n) is 2.20. The quantitative estimate of drug-likeness (QED) is 0.672. The van der Waals surface area contributed by atoms with E-state index in [2.05, 4.69) is 10.6 Å². The molecule has 0 aromatic heterocycles. The number of hydrogen-bond acceptors (Lipinski definition) is 4. The molecule has 0 radical (unpaired) electrons. The van der Waals surface area contributed by atoms with Gasteiger partial charge < -0.3 is 20.1 Å². The van der Waals surface area contributed by atoms with Crippen molar-refractivity contribution in [3.8, 4) is 0 Å². The second-order valence-electron chi connectivity index (χ2n) is 4.03. The summed E-state index contributed by atoms with van der Waals surface area (Å²) in [6.45, 7) is 2.11. The monoisotopic (exact) mass is 250 g/mol. The average molecular weight is 251 g/mol. The van der Waals surface area contributed by atoms with Crippen LogP contribution in [0.1, 0.15) is 12.8 Å². The summed E-state index contributed by atoms with van der Waals surface area (Å²) in [4.78, 5) is 11.6. The summed E-state index contributed by atoms with van der Waals surface area (Å²) >= 11 is 0. The largest absolute Gasteiger partial charge is 0.383 e. The van der Waals surface area contributed by atoms with Crippen LogP contribution in [0, 0.1) is 0 Å². The molecule has 6 heteroatoms. The van der Waals surface area contributed by atoms with Crippen molar-refractivity contribution in [1.29, 1.82) is 0 Å². The molecule has 2 aliphatic heterocycles. The Morgan fingerprint density at radius 3 is 3.12 bits per heavy atom. The molecule has 0 aliphatic carbocycles. The molecule has 16 heavy (non-hydrogen) atoms. The minimum Gasteiger partial charge on any atom is -0.383 e. The lowest BCUT2D eigenvalue weighted by molar-refractivity contribution is -0.132. The molecule has 1 amide bonds. The van der Waals surface area contributed by atoms with Crippen molar-refractivity contribution in [3.05, 3.63) is 0 Å². The summed E-state index contributed by atoms with van der Waals surface area (Å²) < 4.78 is 10.5. The van der Waals surface area contributed by atoms with Gasteiger partial charge in [-0.25, -0.2) is 0 Å². The fourth-order valence-corrected chi connectivity index (χ4v) is 2.20. The summed E-state index contributed by atoms with van der Waals surface area (Å²) in [6, 6.07) is 0.378. The zero-order valence-electron chi connectivity index (χ0n) is 9.40. The number of halogens is 1. The topological polar surface area (TPSA) is 59.6 Å². The second kappa shape index (κ2) is 6.39. The summed E-state index contributed by atoms with van der Waals surface area (Å²) in [5.41, 5.74) is 0. The minimum absolute atomic E-state index is 0. The molecule has 3 atom stereocenters. The number of nitrogens with one attached hydrogen (secondary N) is 2. The molecular formula is C10H19ClN2O3. The van der Waals surface area contributed by atoms with Gasteiger partial charge in [0.25, 0.3) is 0 Å². The van der Waals surface area contributed by atoms with E-state index in [9.17, 15) is 4.79 Å². The van der Waals surface area contributed by atoms with Crippen LogP contribution in [-0.2, 0) is 14.3 Å². The lowest BCUT2D eigenvalue weighted by Gasteiger charge is -2.12. The minimum atomic E-state index is -0.273. The Labute approximate surface area is 102 Å². The highest BCUT2D eigenvalue weighted by atomic mass is 35.5. The first-order chi connectivity index (χ1) is 7.31. The van der Waals surface area contributed by atoms with Crippen molar-refractivity contribution in [2.75, 3.05) is 26.8 Å². The molecule has 2 heterocycles. The third-order valence-corrected chi connectivity index (χ3v) is 2.99. The maximum absolute atomic E-state index is 11.6. The van der Waals surface area contributed by atoms with Crippen LogP contribution in [-0.4, -0.2) is 51.0 Å². The maximum Gasteiger partial charge on any atom is 0.249 e. The van der Waals surface area contributed by atoms with Crippen molar-refractivity contribution in [2.24, 2.45) is 0 Å². The Morgan fingerprint density at radius 2 is 2.44 bits per heavy atom. The molecule has 0 unspecified atom stereocenters. The van der Waals surface area contributed by atoms with Crippen LogP contribution < -0.4 is 10.6 Å². The average Bonchev–Trinajstić information content (AvgIpc) is 2.76. The van der Waals surface area contributed by atoms with Gasteiger partial charge in [-0.15, -0.1) is 12.4 Å². The Bertz CT molecular complexity index is 228. The van der Waals surface area contributed by atoms with Crippen molar-refractivity contribution < 1.29 is 14.3 Å². The maximum atomic E-state index is 11.6. The number of rotatable bonds is 4. The van der Waals surface area contributed by atoms with Crippen LogP contribution >= 0.6 is 12.4 Å². The number of ether oxygens (including phenoxy) is 2. The van der Waals surface area contributed by atoms with Crippen LogP contribution in [0.3, 0.4) is 0 Å². The molecule has 2 saturated heterocycles. The van der Waals surface area contributed by atoms with Crippen LogP contribution in [0.15, 0.2) is 0 Å². The number of fused-ring (bicyclic) bond motifs is 1. The Morgan fingerprint density at radius 1 is 1.62 bits per heavy atom. The molecule has 94 valence electrons. The lowest BCUT2D eigenvalue weighted by atomic mass is 10.1. The first kappa shape index (κ1) is 13.7. The Hall–Kier alpha value is -0.360. The highest BCUT2D eigenvalue weighted by Gasteiger charge is 2.41. The number of methoxy groups -OCH3 is 1. The van der Waals surface area contributed by atoms with Gasteiger partial charge in [0, 0.05) is 26.1 Å². The molecule has 2 fully saturated rings. The van der Waals surface area contributed by atoms with Gasteiger partial charge in [0.05, 0.1) is 12.7 Å². The molecule has 2 rings (SSSR count). The first-order valence-electron chi connectivity index (χ1n) is 5.46. The van der Waals surface area contributed by atoms with Crippen LogP contribution in [0.2, 0.25) is 0 Å². The van der Waals surface area contributed by atoms with Crippen LogP contribution in [0.25, 0.3) is 0 Å². The van der Waals surface area contributed by atoms with Crippen LogP contribution in [0.5, 0.6) is 0 Å². The highest BCUT2D eigenvalue weighted by molar-refractivity contribution is 5.85. The van der Waals surface area contributed by atoms with E-state index in [-0.39, 0.29) is 30.5 Å². The molecule has 2 aliphatic rings. The standard InChI is InChI=1S/C10H18N2O3.ClH/c1-14-5-4-12-10(13)9-6-7-8(15-9)2-3-11-7;/h7-9,11H,2-6H2,1H3,(H,12,13);1H/t7-,8-,9-;/m1./s1. The fraction of sp³-hybridized carbons (Fsp3) is 0.900. The van der Waals surface area contributed by atoms with Gasteiger partial charge in [0.1, 0.15) is 6.10 Å². The predicted octanol–water partition coefficient (Wildman–Crippen LogP) is -0.310. The van der Waals surface area contributed by atoms with Crippen molar-refractivity contribution >= 4 is 18.3 Å². The normalized spacial score (nSPS) is 31.9. The summed E-state index contributed by atoms with van der Waals surface area (Å²) in [5, 5.41) is 6.14. The molecular weight excluding hydrogens is 232 g/mol. The third kappa shape index (κ3) is 3.07. The number of carbonyl (C=O) groups is 1. The molecule has 0 bridgehead atoms. The molecule has 0 saturated carbocycles. The highest BCUT2D eigenvalue weighted by Crippen LogP contribution is 2.26. The van der Waals surface area contributed by atoms with Gasteiger partial charge in [-0.3, -0.25) is 4.79 Å². The summed E-state index contributed by atoms with van der Waals surface area (Å²) in [6.07, 6.45) is 1.78. The zero-order valence-corrected chi connectivity index (χ0v) is 10.2. The molecule has 0 spiro atoms. The predicted molar refractivity (Wildman–Crippen MR) is 61.8 cm³/mol. The van der Waals surface area contributed by atoms with Gasteiger partial charge in [-0.1, -0.05) is 0 Å². The van der Waals surface area contributed by atoms with E-state index < -0.39 is 0 Å². The van der Waals surface area contributed by atoms with Gasteiger partial charge >= 0.3 is 0 Å². The van der Waals surface area contributed by atoms with Crippen molar-refractivity contribution in [1.82, 2.24) is 10.6 Å². The van der Waals surface area contributed by atoms with E-state index in [0.717, 1.165) is 19.4 Å². The number of amides is 1. The van der Waals surface area contributed by atoms with E-state index in [1.54, 1.807) is 7.11 Å². The smallest absolute Gasteiger partial charge is 0.249 e. The summed E-state index contributed by atoms with van der Waals surface area (Å²) in [5.74, 6) is -0.0109.